The first kappa shape index (κ1) is 13.4. The molecule has 1 amide bonds. The van der Waals surface area contributed by atoms with Crippen LogP contribution < -0.4 is 11.1 Å². The molecule has 3 nitrogen and oxygen atoms in total. The largest absolute Gasteiger partial charge is 0.397 e. The molecule has 4 saturated carbocycles. The van der Waals surface area contributed by atoms with Gasteiger partial charge in [-0.25, -0.2) is 0 Å². The van der Waals surface area contributed by atoms with Crippen LogP contribution in [0.15, 0.2) is 18.2 Å². The summed E-state index contributed by atoms with van der Waals surface area (Å²) in [6, 6.07) is 5.24. The van der Waals surface area contributed by atoms with Crippen LogP contribution in [0.1, 0.15) is 38.5 Å². The average molecular weight is 305 g/mol. The summed E-state index contributed by atoms with van der Waals surface area (Å²) in [6.07, 6.45) is 7.20. The lowest BCUT2D eigenvalue weighted by molar-refractivity contribution is -0.140. The van der Waals surface area contributed by atoms with Gasteiger partial charge in [-0.2, -0.15) is 0 Å². The molecule has 0 aromatic heterocycles. The maximum absolute atomic E-state index is 12.9. The highest BCUT2D eigenvalue weighted by Crippen LogP contribution is 2.60. The highest BCUT2D eigenvalue weighted by molar-refractivity contribution is 6.31. The summed E-state index contributed by atoms with van der Waals surface area (Å²) in [6.45, 7) is 0. The van der Waals surface area contributed by atoms with E-state index in [-0.39, 0.29) is 11.3 Å². The summed E-state index contributed by atoms with van der Waals surface area (Å²) in [5, 5.41) is 3.66. The first-order valence-corrected chi connectivity index (χ1v) is 8.28. The van der Waals surface area contributed by atoms with E-state index >= 15 is 0 Å². The number of anilines is 2. The lowest BCUT2D eigenvalue weighted by atomic mass is 9.49. The molecule has 21 heavy (non-hydrogen) atoms. The Morgan fingerprint density at radius 3 is 2.29 bits per heavy atom. The highest BCUT2D eigenvalue weighted by atomic mass is 35.5. The number of benzene rings is 1. The second-order valence-electron chi connectivity index (χ2n) is 7.38. The zero-order valence-electron chi connectivity index (χ0n) is 12.1. The van der Waals surface area contributed by atoms with Crippen LogP contribution in [0.4, 0.5) is 11.4 Å². The molecule has 1 aromatic carbocycles. The zero-order chi connectivity index (χ0) is 14.6. The third-order valence-corrected chi connectivity index (χ3v) is 6.02. The van der Waals surface area contributed by atoms with Crippen molar-refractivity contribution in [2.24, 2.45) is 23.2 Å². The number of hydrogen-bond donors (Lipinski definition) is 2. The van der Waals surface area contributed by atoms with Gasteiger partial charge in [0.25, 0.3) is 0 Å². The Hall–Kier alpha value is -1.22. The van der Waals surface area contributed by atoms with Crippen molar-refractivity contribution in [3.8, 4) is 0 Å². The van der Waals surface area contributed by atoms with Gasteiger partial charge in [-0.3, -0.25) is 4.79 Å². The highest BCUT2D eigenvalue weighted by Gasteiger charge is 2.54. The lowest BCUT2D eigenvalue weighted by Gasteiger charge is -2.55. The molecule has 0 heterocycles. The molecule has 0 unspecified atom stereocenters. The van der Waals surface area contributed by atoms with Crippen molar-refractivity contribution in [2.45, 2.75) is 38.5 Å². The minimum atomic E-state index is -0.149. The molecule has 0 aliphatic heterocycles. The van der Waals surface area contributed by atoms with Crippen molar-refractivity contribution in [3.05, 3.63) is 23.2 Å². The first-order valence-electron chi connectivity index (χ1n) is 7.90. The van der Waals surface area contributed by atoms with Crippen LogP contribution in [-0.4, -0.2) is 5.91 Å². The van der Waals surface area contributed by atoms with E-state index < -0.39 is 0 Å². The standard InChI is InChI=1S/C17H21ClN2O/c18-13-1-2-14(19)15(6-13)20-16(21)17-7-10-3-11(8-17)5-12(4-10)9-17/h1-2,6,10-12H,3-5,7-9,19H2,(H,20,21). The maximum Gasteiger partial charge on any atom is 0.230 e. The van der Waals surface area contributed by atoms with Gasteiger partial charge in [0.15, 0.2) is 0 Å². The predicted octanol–water partition coefficient (Wildman–Crippen LogP) is 4.08. The van der Waals surface area contributed by atoms with E-state index in [9.17, 15) is 4.79 Å². The molecule has 5 rings (SSSR count). The van der Waals surface area contributed by atoms with Crippen molar-refractivity contribution >= 4 is 28.9 Å². The van der Waals surface area contributed by atoms with Gasteiger partial charge in [0.05, 0.1) is 16.8 Å². The van der Waals surface area contributed by atoms with E-state index in [2.05, 4.69) is 5.32 Å². The third-order valence-electron chi connectivity index (χ3n) is 5.78. The van der Waals surface area contributed by atoms with Crippen LogP contribution in [0.3, 0.4) is 0 Å². The summed E-state index contributed by atoms with van der Waals surface area (Å²) in [7, 11) is 0. The van der Waals surface area contributed by atoms with E-state index in [1.54, 1.807) is 18.2 Å². The number of nitrogen functional groups attached to an aromatic ring is 1. The molecule has 4 bridgehead atoms. The van der Waals surface area contributed by atoms with Crippen LogP contribution in [0, 0.1) is 23.2 Å². The molecule has 0 saturated heterocycles. The Bertz CT molecular complexity index is 563. The van der Waals surface area contributed by atoms with Gasteiger partial charge in [0, 0.05) is 5.02 Å². The minimum absolute atomic E-state index is 0.149. The SMILES string of the molecule is Nc1ccc(Cl)cc1NC(=O)C12CC3CC(CC(C3)C1)C2. The van der Waals surface area contributed by atoms with Crippen LogP contribution in [-0.2, 0) is 4.79 Å². The van der Waals surface area contributed by atoms with Crippen molar-refractivity contribution in [1.82, 2.24) is 0 Å². The van der Waals surface area contributed by atoms with Gasteiger partial charge in [-0.15, -0.1) is 0 Å². The van der Waals surface area contributed by atoms with Gasteiger partial charge >= 0.3 is 0 Å². The monoisotopic (exact) mass is 304 g/mol. The van der Waals surface area contributed by atoms with Gasteiger partial charge in [0.1, 0.15) is 0 Å². The lowest BCUT2D eigenvalue weighted by Crippen LogP contribution is -2.51. The summed E-state index contributed by atoms with van der Waals surface area (Å²) in [5.41, 5.74) is 7.04. The average Bonchev–Trinajstić information content (AvgIpc) is 2.41. The van der Waals surface area contributed by atoms with Crippen LogP contribution in [0.2, 0.25) is 5.02 Å². The zero-order valence-corrected chi connectivity index (χ0v) is 12.8. The van der Waals surface area contributed by atoms with Crippen LogP contribution in [0.25, 0.3) is 0 Å². The Morgan fingerprint density at radius 2 is 1.71 bits per heavy atom. The number of carbonyl (C=O) groups excluding carboxylic acids is 1. The summed E-state index contributed by atoms with van der Waals surface area (Å²) in [4.78, 5) is 12.9. The van der Waals surface area contributed by atoms with Gasteiger partial charge in [-0.1, -0.05) is 11.6 Å². The van der Waals surface area contributed by atoms with Gasteiger partial charge in [-0.05, 0) is 74.5 Å². The van der Waals surface area contributed by atoms with Crippen molar-refractivity contribution in [1.29, 1.82) is 0 Å². The molecule has 112 valence electrons. The number of nitrogens with one attached hydrogen (secondary N) is 1. The Kier molecular flexibility index (Phi) is 2.97. The molecule has 4 heteroatoms. The molecule has 4 aliphatic rings. The summed E-state index contributed by atoms with van der Waals surface area (Å²) in [5.74, 6) is 2.45. The number of carbonyl (C=O) groups is 1. The fraction of sp³-hybridized carbons (Fsp3) is 0.588. The fourth-order valence-electron chi connectivity index (χ4n) is 5.28. The van der Waals surface area contributed by atoms with E-state index in [1.807, 2.05) is 0 Å². The van der Waals surface area contributed by atoms with E-state index in [0.29, 0.717) is 16.4 Å². The Labute approximate surface area is 130 Å². The third kappa shape index (κ3) is 2.22. The fourth-order valence-corrected chi connectivity index (χ4v) is 5.45. The number of rotatable bonds is 2. The molecular formula is C17H21ClN2O. The molecule has 3 N–H and O–H groups in total. The topological polar surface area (TPSA) is 55.1 Å². The normalized spacial score (nSPS) is 36.7. The van der Waals surface area contributed by atoms with Gasteiger partial charge < -0.3 is 11.1 Å². The summed E-state index contributed by atoms with van der Waals surface area (Å²) < 4.78 is 0. The van der Waals surface area contributed by atoms with Crippen molar-refractivity contribution < 1.29 is 4.79 Å². The van der Waals surface area contributed by atoms with Crippen LogP contribution in [0.5, 0.6) is 0 Å². The molecule has 0 spiro atoms. The molecular weight excluding hydrogens is 284 g/mol. The Balaban J connectivity index is 1.59. The number of halogens is 1. The number of amides is 1. The second kappa shape index (κ2) is 4.64. The molecule has 0 radical (unpaired) electrons. The predicted molar refractivity (Wildman–Crippen MR) is 85.1 cm³/mol. The number of nitrogens with two attached hydrogens (primary N) is 1. The number of hydrogen-bond acceptors (Lipinski definition) is 2. The second-order valence-corrected chi connectivity index (χ2v) is 7.82. The first-order chi connectivity index (χ1) is 10.0. The maximum atomic E-state index is 12.9. The quantitative estimate of drug-likeness (QED) is 0.809. The smallest absolute Gasteiger partial charge is 0.230 e. The summed E-state index contributed by atoms with van der Waals surface area (Å²) >= 11 is 6.01. The molecule has 4 fully saturated rings. The molecule has 1 aromatic rings. The van der Waals surface area contributed by atoms with Crippen molar-refractivity contribution in [3.63, 3.8) is 0 Å². The van der Waals surface area contributed by atoms with E-state index in [4.69, 9.17) is 17.3 Å². The minimum Gasteiger partial charge on any atom is -0.397 e. The molecule has 4 aliphatic carbocycles. The molecule has 0 atom stereocenters. The van der Waals surface area contributed by atoms with Crippen LogP contribution >= 0.6 is 11.6 Å². The Morgan fingerprint density at radius 1 is 1.14 bits per heavy atom. The van der Waals surface area contributed by atoms with Gasteiger partial charge in [0.2, 0.25) is 5.91 Å². The van der Waals surface area contributed by atoms with E-state index in [1.165, 1.54) is 19.3 Å². The van der Waals surface area contributed by atoms with Crippen molar-refractivity contribution in [2.75, 3.05) is 11.1 Å². The van der Waals surface area contributed by atoms with E-state index in [0.717, 1.165) is 37.0 Å².